The first-order chi connectivity index (χ1) is 8.25. The van der Waals surface area contributed by atoms with Crippen LogP contribution in [0.15, 0.2) is 30.3 Å². The molecule has 7 heteroatoms. The third-order valence-corrected chi connectivity index (χ3v) is 3.17. The number of aromatic nitrogens is 4. The van der Waals surface area contributed by atoms with Crippen LogP contribution in [0.4, 0.5) is 0 Å². The molecule has 17 heavy (non-hydrogen) atoms. The van der Waals surface area contributed by atoms with Crippen molar-refractivity contribution in [2.75, 3.05) is 0 Å². The number of rotatable bonds is 2. The molecule has 0 aliphatic rings. The number of aromatic carboxylic acids is 1. The molecule has 84 valence electrons. The summed E-state index contributed by atoms with van der Waals surface area (Å²) < 4.78 is 2.49. The molecule has 0 saturated heterocycles. The molecule has 6 nitrogen and oxygen atoms in total. The first kappa shape index (κ1) is 9.91. The molecule has 0 unspecified atom stereocenters. The lowest BCUT2D eigenvalue weighted by Crippen LogP contribution is -1.97. The molecule has 1 N–H and O–H groups in total. The average molecular weight is 246 g/mol. The minimum Gasteiger partial charge on any atom is -0.476 e. The quantitative estimate of drug-likeness (QED) is 0.742. The fourth-order valence-corrected chi connectivity index (χ4v) is 2.35. The van der Waals surface area contributed by atoms with E-state index in [9.17, 15) is 4.79 Å². The zero-order chi connectivity index (χ0) is 11.8. The Hall–Kier alpha value is -2.28. The lowest BCUT2D eigenvalue weighted by Gasteiger charge is -2.00. The Kier molecular flexibility index (Phi) is 2.12. The molecule has 3 rings (SSSR count). The molecule has 0 saturated carbocycles. The molecule has 0 fully saturated rings. The second kappa shape index (κ2) is 3.63. The Morgan fingerprint density at radius 3 is 3.00 bits per heavy atom. The number of carboxylic acid groups (broad SMARTS) is 1. The van der Waals surface area contributed by atoms with E-state index in [4.69, 9.17) is 5.11 Å². The van der Waals surface area contributed by atoms with E-state index < -0.39 is 5.97 Å². The lowest BCUT2D eigenvalue weighted by atomic mass is 10.4. The van der Waals surface area contributed by atoms with E-state index in [-0.39, 0.29) is 5.69 Å². The SMILES string of the molecule is O=C(O)c1cn(-c2ncnc3ccsc23)cn1. The Labute approximate surface area is 99.2 Å². The molecule has 0 spiro atoms. The van der Waals surface area contributed by atoms with Crippen LogP contribution in [-0.4, -0.2) is 30.6 Å². The smallest absolute Gasteiger partial charge is 0.356 e. The van der Waals surface area contributed by atoms with Crippen molar-refractivity contribution in [2.24, 2.45) is 0 Å². The Morgan fingerprint density at radius 1 is 1.35 bits per heavy atom. The first-order valence-electron chi connectivity index (χ1n) is 4.71. The molecule has 0 aliphatic heterocycles. The van der Waals surface area contributed by atoms with Gasteiger partial charge in [0.1, 0.15) is 12.7 Å². The largest absolute Gasteiger partial charge is 0.476 e. The summed E-state index contributed by atoms with van der Waals surface area (Å²) in [7, 11) is 0. The summed E-state index contributed by atoms with van der Waals surface area (Å²) in [5, 5.41) is 10.7. The first-order valence-corrected chi connectivity index (χ1v) is 5.59. The molecular weight excluding hydrogens is 240 g/mol. The van der Waals surface area contributed by atoms with E-state index in [1.807, 2.05) is 11.4 Å². The van der Waals surface area contributed by atoms with E-state index in [1.165, 1.54) is 30.2 Å². The minimum atomic E-state index is -1.06. The van der Waals surface area contributed by atoms with Crippen LogP contribution in [0.2, 0.25) is 0 Å². The van der Waals surface area contributed by atoms with Gasteiger partial charge in [0.25, 0.3) is 0 Å². The Balaban J connectivity index is 2.19. The van der Waals surface area contributed by atoms with Crippen LogP contribution < -0.4 is 0 Å². The van der Waals surface area contributed by atoms with Crippen molar-refractivity contribution < 1.29 is 9.90 Å². The van der Waals surface area contributed by atoms with E-state index in [0.29, 0.717) is 5.82 Å². The number of carboxylic acids is 1. The molecule has 0 bridgehead atoms. The zero-order valence-electron chi connectivity index (χ0n) is 8.44. The highest BCUT2D eigenvalue weighted by molar-refractivity contribution is 7.17. The summed E-state index contributed by atoms with van der Waals surface area (Å²) in [5.74, 6) is -0.412. The van der Waals surface area contributed by atoms with Crippen LogP contribution in [-0.2, 0) is 0 Å². The van der Waals surface area contributed by atoms with Crippen LogP contribution in [0.25, 0.3) is 16.0 Å². The monoisotopic (exact) mass is 246 g/mol. The minimum absolute atomic E-state index is 0.00619. The summed E-state index contributed by atoms with van der Waals surface area (Å²) in [5.41, 5.74) is 0.832. The van der Waals surface area contributed by atoms with Gasteiger partial charge in [0.15, 0.2) is 11.5 Å². The van der Waals surface area contributed by atoms with E-state index >= 15 is 0 Å². The van der Waals surface area contributed by atoms with Crippen LogP contribution in [0.1, 0.15) is 10.5 Å². The van der Waals surface area contributed by atoms with Crippen molar-refractivity contribution in [2.45, 2.75) is 0 Å². The van der Waals surface area contributed by atoms with E-state index in [2.05, 4.69) is 15.0 Å². The van der Waals surface area contributed by atoms with Gasteiger partial charge in [-0.15, -0.1) is 11.3 Å². The normalized spacial score (nSPS) is 10.8. The maximum atomic E-state index is 10.8. The van der Waals surface area contributed by atoms with Crippen molar-refractivity contribution in [3.63, 3.8) is 0 Å². The second-order valence-electron chi connectivity index (χ2n) is 3.30. The fourth-order valence-electron chi connectivity index (χ4n) is 1.51. The third-order valence-electron chi connectivity index (χ3n) is 2.27. The van der Waals surface area contributed by atoms with Gasteiger partial charge in [-0.2, -0.15) is 0 Å². The van der Waals surface area contributed by atoms with Crippen molar-refractivity contribution in [3.8, 4) is 5.82 Å². The average Bonchev–Trinajstić information content (AvgIpc) is 2.97. The molecule has 0 radical (unpaired) electrons. The lowest BCUT2D eigenvalue weighted by molar-refractivity contribution is 0.0691. The summed E-state index contributed by atoms with van der Waals surface area (Å²) in [6.07, 6.45) is 4.32. The topological polar surface area (TPSA) is 80.9 Å². The number of hydrogen-bond donors (Lipinski definition) is 1. The van der Waals surface area contributed by atoms with Crippen LogP contribution in [0.5, 0.6) is 0 Å². The van der Waals surface area contributed by atoms with E-state index in [1.54, 1.807) is 4.57 Å². The maximum absolute atomic E-state index is 10.8. The zero-order valence-corrected chi connectivity index (χ0v) is 9.26. The highest BCUT2D eigenvalue weighted by Gasteiger charge is 2.11. The van der Waals surface area contributed by atoms with Gasteiger partial charge in [-0.05, 0) is 11.4 Å². The van der Waals surface area contributed by atoms with E-state index in [0.717, 1.165) is 10.2 Å². The summed E-state index contributed by atoms with van der Waals surface area (Å²) in [6.45, 7) is 0. The van der Waals surface area contributed by atoms with Crippen LogP contribution in [0, 0.1) is 0 Å². The highest BCUT2D eigenvalue weighted by atomic mass is 32.1. The molecule has 0 aromatic carbocycles. The molecule has 0 aliphatic carbocycles. The van der Waals surface area contributed by atoms with Crippen LogP contribution >= 0.6 is 11.3 Å². The predicted molar refractivity (Wildman–Crippen MR) is 61.5 cm³/mol. The number of thiophene rings is 1. The number of carbonyl (C=O) groups is 1. The van der Waals surface area contributed by atoms with Gasteiger partial charge in [0.2, 0.25) is 0 Å². The fraction of sp³-hybridized carbons (Fsp3) is 0. The van der Waals surface area contributed by atoms with Crippen molar-refractivity contribution in [3.05, 3.63) is 36.0 Å². The third kappa shape index (κ3) is 1.56. The van der Waals surface area contributed by atoms with Gasteiger partial charge >= 0.3 is 5.97 Å². The van der Waals surface area contributed by atoms with Crippen molar-refractivity contribution >= 4 is 27.5 Å². The van der Waals surface area contributed by atoms with Crippen molar-refractivity contribution in [1.82, 2.24) is 19.5 Å². The number of nitrogens with zero attached hydrogens (tertiary/aromatic N) is 4. The summed E-state index contributed by atoms with van der Waals surface area (Å²) >= 11 is 1.51. The molecule has 3 heterocycles. The molecule has 0 atom stereocenters. The Morgan fingerprint density at radius 2 is 2.24 bits per heavy atom. The van der Waals surface area contributed by atoms with Gasteiger partial charge < -0.3 is 5.11 Å². The van der Waals surface area contributed by atoms with Gasteiger partial charge in [-0.1, -0.05) is 0 Å². The van der Waals surface area contributed by atoms with Gasteiger partial charge in [-0.3, -0.25) is 4.57 Å². The molecule has 3 aromatic heterocycles. The molecular formula is C10H6N4O2S. The summed E-state index contributed by atoms with van der Waals surface area (Å²) in [6, 6.07) is 1.89. The number of hydrogen-bond acceptors (Lipinski definition) is 5. The second-order valence-corrected chi connectivity index (χ2v) is 4.22. The highest BCUT2D eigenvalue weighted by Crippen LogP contribution is 2.23. The Bertz CT molecular complexity index is 703. The van der Waals surface area contributed by atoms with Gasteiger partial charge in [0, 0.05) is 6.20 Å². The molecule has 3 aromatic rings. The number of fused-ring (bicyclic) bond motifs is 1. The standard InChI is InChI=1S/C10H6N4O2S/c15-10(16)7-3-14(5-13-7)9-8-6(1-2-17-8)11-4-12-9/h1-5H,(H,15,16). The van der Waals surface area contributed by atoms with Crippen LogP contribution in [0.3, 0.4) is 0 Å². The maximum Gasteiger partial charge on any atom is 0.356 e. The van der Waals surface area contributed by atoms with Crippen molar-refractivity contribution in [1.29, 1.82) is 0 Å². The number of imidazole rings is 1. The van der Waals surface area contributed by atoms with Gasteiger partial charge in [-0.25, -0.2) is 19.7 Å². The predicted octanol–water partition coefficient (Wildman–Crippen LogP) is 1.58. The van der Waals surface area contributed by atoms with Gasteiger partial charge in [0.05, 0.1) is 10.2 Å². The summed E-state index contributed by atoms with van der Waals surface area (Å²) in [4.78, 5) is 22.8. The molecule has 0 amide bonds.